The highest BCUT2D eigenvalue weighted by molar-refractivity contribution is 5.59. The van der Waals surface area contributed by atoms with Gasteiger partial charge < -0.3 is 14.6 Å². The van der Waals surface area contributed by atoms with E-state index in [4.69, 9.17) is 9.26 Å². The summed E-state index contributed by atoms with van der Waals surface area (Å²) >= 11 is 0. The molecule has 0 radical (unpaired) electrons. The molecule has 2 heterocycles. The fourth-order valence-electron chi connectivity index (χ4n) is 3.70. The molecule has 164 valence electrons. The third-order valence-electron chi connectivity index (χ3n) is 5.34. The van der Waals surface area contributed by atoms with Crippen LogP contribution in [0.3, 0.4) is 0 Å². The molecule has 31 heavy (non-hydrogen) atoms. The maximum atomic E-state index is 13.7. The van der Waals surface area contributed by atoms with E-state index in [9.17, 15) is 13.2 Å². The maximum absolute atomic E-state index is 13.7. The lowest BCUT2D eigenvalue weighted by Crippen LogP contribution is -2.28. The minimum atomic E-state index is -4.55. The largest absolute Gasteiger partial charge is 0.493 e. The maximum Gasteiger partial charge on any atom is 0.419 e. The Kier molecular flexibility index (Phi) is 6.56. The molecule has 1 aliphatic heterocycles. The Balaban J connectivity index is 1.46. The first-order valence-electron chi connectivity index (χ1n) is 10.4. The molecule has 1 fully saturated rings. The van der Waals surface area contributed by atoms with Gasteiger partial charge in [-0.2, -0.15) is 18.2 Å². The molecular weight excluding hydrogens is 407 g/mol. The second-order valence-electron chi connectivity index (χ2n) is 7.65. The SMILES string of the molecule is FC(F)(F)c1cc(-c2noc([C@@H]3CCCNC3)n2)ccc1OCCCc1ccccc1. The number of ether oxygens (including phenoxy) is 1. The molecule has 0 spiro atoms. The van der Waals surface area contributed by atoms with Gasteiger partial charge in [0.15, 0.2) is 0 Å². The molecule has 0 amide bonds. The number of piperidine rings is 1. The number of hydrogen-bond donors (Lipinski definition) is 1. The smallest absolute Gasteiger partial charge is 0.419 e. The van der Waals surface area contributed by atoms with Crippen LogP contribution in [0.1, 0.15) is 42.2 Å². The Morgan fingerprint density at radius 1 is 1.13 bits per heavy atom. The molecule has 5 nitrogen and oxygen atoms in total. The van der Waals surface area contributed by atoms with E-state index in [2.05, 4.69) is 15.5 Å². The van der Waals surface area contributed by atoms with E-state index < -0.39 is 11.7 Å². The zero-order chi connectivity index (χ0) is 21.7. The van der Waals surface area contributed by atoms with Crippen LogP contribution in [0.25, 0.3) is 11.4 Å². The summed E-state index contributed by atoms with van der Waals surface area (Å²) in [5.41, 5.74) is 0.539. The van der Waals surface area contributed by atoms with E-state index in [0.29, 0.717) is 12.3 Å². The molecule has 0 unspecified atom stereocenters. The van der Waals surface area contributed by atoms with E-state index in [1.807, 2.05) is 30.3 Å². The van der Waals surface area contributed by atoms with Gasteiger partial charge >= 0.3 is 6.18 Å². The number of alkyl halides is 3. The van der Waals surface area contributed by atoms with Crippen LogP contribution < -0.4 is 10.1 Å². The van der Waals surface area contributed by atoms with Crippen LogP contribution in [-0.2, 0) is 12.6 Å². The van der Waals surface area contributed by atoms with Gasteiger partial charge in [-0.25, -0.2) is 0 Å². The van der Waals surface area contributed by atoms with Crippen LogP contribution in [0.4, 0.5) is 13.2 Å². The summed E-state index contributed by atoms with van der Waals surface area (Å²) in [5.74, 6) is 0.507. The molecule has 0 aliphatic carbocycles. The van der Waals surface area contributed by atoms with Crippen molar-refractivity contribution >= 4 is 0 Å². The van der Waals surface area contributed by atoms with E-state index in [0.717, 1.165) is 44.0 Å². The van der Waals surface area contributed by atoms with Crippen molar-refractivity contribution in [2.45, 2.75) is 37.8 Å². The van der Waals surface area contributed by atoms with Gasteiger partial charge in [-0.3, -0.25) is 0 Å². The zero-order valence-corrected chi connectivity index (χ0v) is 17.0. The summed E-state index contributed by atoms with van der Waals surface area (Å²) in [5, 5.41) is 7.16. The predicted octanol–water partition coefficient (Wildman–Crippen LogP) is 5.23. The van der Waals surface area contributed by atoms with E-state index in [1.165, 1.54) is 12.1 Å². The van der Waals surface area contributed by atoms with Crippen molar-refractivity contribution in [1.29, 1.82) is 0 Å². The number of nitrogens with zero attached hydrogens (tertiary/aromatic N) is 2. The normalized spacial score (nSPS) is 16.9. The third kappa shape index (κ3) is 5.44. The van der Waals surface area contributed by atoms with E-state index >= 15 is 0 Å². The van der Waals surface area contributed by atoms with Crippen LogP contribution in [0.2, 0.25) is 0 Å². The molecule has 1 N–H and O–H groups in total. The van der Waals surface area contributed by atoms with Gasteiger partial charge in [-0.1, -0.05) is 35.5 Å². The minimum absolute atomic E-state index is 0.0873. The molecule has 1 aromatic heterocycles. The lowest BCUT2D eigenvalue weighted by Gasteiger charge is -2.18. The predicted molar refractivity (Wildman–Crippen MR) is 110 cm³/mol. The second kappa shape index (κ2) is 9.51. The van der Waals surface area contributed by atoms with Crippen molar-refractivity contribution in [3.8, 4) is 17.1 Å². The number of halogens is 3. The summed E-state index contributed by atoms with van der Waals surface area (Å²) in [6, 6.07) is 13.7. The van der Waals surface area contributed by atoms with Gasteiger partial charge in [0.2, 0.25) is 11.7 Å². The topological polar surface area (TPSA) is 60.2 Å². The number of aryl methyl sites for hydroxylation is 1. The lowest BCUT2D eigenvalue weighted by molar-refractivity contribution is -0.138. The highest BCUT2D eigenvalue weighted by Gasteiger charge is 2.35. The summed E-state index contributed by atoms with van der Waals surface area (Å²) in [6.07, 6.45) is -1.28. The van der Waals surface area contributed by atoms with Crippen molar-refractivity contribution in [2.24, 2.45) is 0 Å². The van der Waals surface area contributed by atoms with Crippen LogP contribution in [-0.4, -0.2) is 29.8 Å². The molecule has 1 aliphatic rings. The van der Waals surface area contributed by atoms with Crippen molar-refractivity contribution in [1.82, 2.24) is 15.5 Å². The number of hydrogen-bond acceptors (Lipinski definition) is 5. The molecular formula is C23H24F3N3O2. The zero-order valence-electron chi connectivity index (χ0n) is 17.0. The monoisotopic (exact) mass is 431 g/mol. The summed E-state index contributed by atoms with van der Waals surface area (Å²) < 4.78 is 51.8. The first-order chi connectivity index (χ1) is 15.0. The minimum Gasteiger partial charge on any atom is -0.493 e. The van der Waals surface area contributed by atoms with Crippen molar-refractivity contribution in [3.63, 3.8) is 0 Å². The van der Waals surface area contributed by atoms with E-state index in [1.54, 1.807) is 0 Å². The average Bonchev–Trinajstić information content (AvgIpc) is 3.28. The Bertz CT molecular complexity index is 983. The van der Waals surface area contributed by atoms with Gasteiger partial charge in [0.1, 0.15) is 5.75 Å². The Labute approximate surface area is 178 Å². The number of nitrogens with one attached hydrogen (secondary N) is 1. The molecule has 2 aromatic carbocycles. The molecule has 0 saturated carbocycles. The van der Waals surface area contributed by atoms with Crippen LogP contribution >= 0.6 is 0 Å². The quantitative estimate of drug-likeness (QED) is 0.519. The van der Waals surface area contributed by atoms with E-state index in [-0.39, 0.29) is 29.7 Å². The Morgan fingerprint density at radius 2 is 1.97 bits per heavy atom. The van der Waals surface area contributed by atoms with Crippen molar-refractivity contribution in [3.05, 3.63) is 65.5 Å². The van der Waals surface area contributed by atoms with Crippen molar-refractivity contribution in [2.75, 3.05) is 19.7 Å². The molecule has 1 saturated heterocycles. The summed E-state index contributed by atoms with van der Waals surface area (Å²) in [4.78, 5) is 4.34. The Hall–Kier alpha value is -2.87. The first kappa shape index (κ1) is 21.4. The highest BCUT2D eigenvalue weighted by Crippen LogP contribution is 2.38. The van der Waals surface area contributed by atoms with Crippen LogP contribution in [0, 0.1) is 0 Å². The van der Waals surface area contributed by atoms with Crippen LogP contribution in [0.5, 0.6) is 5.75 Å². The third-order valence-corrected chi connectivity index (χ3v) is 5.34. The fraction of sp³-hybridized carbons (Fsp3) is 0.391. The number of rotatable bonds is 7. The molecule has 3 aromatic rings. The molecule has 4 rings (SSSR count). The lowest BCUT2D eigenvalue weighted by atomic mass is 10.00. The van der Waals surface area contributed by atoms with Gasteiger partial charge in [-0.15, -0.1) is 0 Å². The van der Waals surface area contributed by atoms with Gasteiger partial charge in [0.25, 0.3) is 0 Å². The fourth-order valence-corrected chi connectivity index (χ4v) is 3.70. The van der Waals surface area contributed by atoms with Gasteiger partial charge in [0, 0.05) is 12.1 Å². The molecule has 1 atom stereocenters. The van der Waals surface area contributed by atoms with Crippen LogP contribution in [0.15, 0.2) is 53.1 Å². The summed E-state index contributed by atoms with van der Waals surface area (Å²) in [6.45, 7) is 1.86. The number of aromatic nitrogens is 2. The van der Waals surface area contributed by atoms with Gasteiger partial charge in [0.05, 0.1) is 18.1 Å². The van der Waals surface area contributed by atoms with Crippen molar-refractivity contribution < 1.29 is 22.4 Å². The highest BCUT2D eigenvalue weighted by atomic mass is 19.4. The summed E-state index contributed by atoms with van der Waals surface area (Å²) in [7, 11) is 0. The molecule has 0 bridgehead atoms. The standard InChI is InChI=1S/C23H24F3N3O2/c24-23(25,26)19-14-17(21-28-22(31-29-21)18-9-4-12-27-15-18)10-11-20(19)30-13-5-8-16-6-2-1-3-7-16/h1-3,6-7,10-11,14,18,27H,4-5,8-9,12-13,15H2/t18-/m1/s1. The second-order valence-corrected chi connectivity index (χ2v) is 7.65. The first-order valence-corrected chi connectivity index (χ1v) is 10.4. The molecule has 8 heteroatoms. The number of benzene rings is 2. The Morgan fingerprint density at radius 3 is 2.71 bits per heavy atom. The van der Waals surface area contributed by atoms with Gasteiger partial charge in [-0.05, 0) is 56.0 Å². The average molecular weight is 431 g/mol.